The molecule has 3 amide bonds. The van der Waals surface area contributed by atoms with Crippen molar-refractivity contribution in [3.8, 4) is 0 Å². The van der Waals surface area contributed by atoms with Crippen LogP contribution in [0.1, 0.15) is 29.5 Å². The van der Waals surface area contributed by atoms with Gasteiger partial charge in [0.1, 0.15) is 0 Å². The third-order valence-electron chi connectivity index (χ3n) is 4.62. The van der Waals surface area contributed by atoms with Gasteiger partial charge in [0.15, 0.2) is 0 Å². The molecule has 1 aliphatic rings. The molecule has 1 saturated carbocycles. The Balaban J connectivity index is 1.73. The van der Waals surface area contributed by atoms with Gasteiger partial charge in [-0.15, -0.1) is 6.58 Å². The predicted octanol–water partition coefficient (Wildman–Crippen LogP) is 3.72. The highest BCUT2D eigenvalue weighted by Crippen LogP contribution is 2.21. The molecule has 2 aromatic carbocycles. The van der Waals surface area contributed by atoms with E-state index in [1.165, 1.54) is 0 Å². The summed E-state index contributed by atoms with van der Waals surface area (Å²) < 4.78 is 0. The quantitative estimate of drug-likeness (QED) is 0.689. The zero-order valence-electron chi connectivity index (χ0n) is 16.3. The summed E-state index contributed by atoms with van der Waals surface area (Å²) in [4.78, 5) is 26.4. The number of hydrogen-bond donors (Lipinski definition) is 2. The highest BCUT2D eigenvalue weighted by atomic mass is 16.2. The lowest BCUT2D eigenvalue weighted by atomic mass is 10.1. The van der Waals surface area contributed by atoms with Crippen molar-refractivity contribution < 1.29 is 9.59 Å². The Morgan fingerprint density at radius 1 is 1.14 bits per heavy atom. The molecule has 0 heterocycles. The second kappa shape index (κ2) is 9.22. The molecule has 0 aromatic heterocycles. The highest BCUT2D eigenvalue weighted by Gasteiger charge is 2.23. The summed E-state index contributed by atoms with van der Waals surface area (Å²) in [6, 6.07) is 15.9. The molecule has 5 nitrogen and oxygen atoms in total. The van der Waals surface area contributed by atoms with Gasteiger partial charge < -0.3 is 10.6 Å². The second-order valence-corrected chi connectivity index (χ2v) is 7.23. The van der Waals surface area contributed by atoms with E-state index >= 15 is 0 Å². The van der Waals surface area contributed by atoms with E-state index in [1.807, 2.05) is 49.4 Å². The van der Waals surface area contributed by atoms with Crippen molar-refractivity contribution in [3.05, 3.63) is 77.9 Å². The lowest BCUT2D eigenvalue weighted by molar-refractivity contribution is -0.120. The van der Waals surface area contributed by atoms with E-state index < -0.39 is 0 Å². The monoisotopic (exact) mass is 377 g/mol. The fourth-order valence-electron chi connectivity index (χ4n) is 3.01. The zero-order chi connectivity index (χ0) is 19.9. The fraction of sp³-hybridized carbons (Fsp3) is 0.304. The van der Waals surface area contributed by atoms with Crippen molar-refractivity contribution in [2.45, 2.75) is 38.8 Å². The van der Waals surface area contributed by atoms with E-state index in [-0.39, 0.29) is 11.9 Å². The summed E-state index contributed by atoms with van der Waals surface area (Å²) in [7, 11) is 0. The molecule has 0 unspecified atom stereocenters. The van der Waals surface area contributed by atoms with Crippen molar-refractivity contribution in [3.63, 3.8) is 0 Å². The Morgan fingerprint density at radius 3 is 2.54 bits per heavy atom. The number of carbonyl (C=O) groups is 2. The molecular weight excluding hydrogens is 350 g/mol. The van der Waals surface area contributed by atoms with Crippen LogP contribution < -0.4 is 15.5 Å². The molecule has 0 atom stereocenters. The molecule has 0 bridgehead atoms. The number of benzene rings is 2. The van der Waals surface area contributed by atoms with Crippen LogP contribution in [0.25, 0.3) is 0 Å². The summed E-state index contributed by atoms with van der Waals surface area (Å²) in [6.07, 6.45) is 4.18. The Labute approximate surface area is 166 Å². The number of hydrogen-bond acceptors (Lipinski definition) is 2. The summed E-state index contributed by atoms with van der Waals surface area (Å²) >= 11 is 0. The predicted molar refractivity (Wildman–Crippen MR) is 112 cm³/mol. The van der Waals surface area contributed by atoms with Gasteiger partial charge in [0.25, 0.3) is 0 Å². The maximum Gasteiger partial charge on any atom is 0.322 e. The zero-order valence-corrected chi connectivity index (χ0v) is 16.3. The van der Waals surface area contributed by atoms with Crippen molar-refractivity contribution in [2.24, 2.45) is 0 Å². The number of rotatable bonds is 8. The number of amides is 3. The number of urea groups is 1. The standard InChI is InChI=1S/C23H27N3O2/c1-3-13-24-23(28)26(16-19-6-4-5-17(2)14-19)21-11-7-18(8-12-21)15-22(27)25-20-9-10-20/h3-8,11-12,14,20H,1,9-10,13,15-16H2,2H3,(H,24,28)(H,25,27). The first-order valence-electron chi connectivity index (χ1n) is 9.65. The smallest absolute Gasteiger partial charge is 0.322 e. The minimum atomic E-state index is -0.180. The minimum Gasteiger partial charge on any atom is -0.353 e. The summed E-state index contributed by atoms with van der Waals surface area (Å²) in [5, 5.41) is 5.84. The molecule has 2 aromatic rings. The number of nitrogens with zero attached hydrogens (tertiary/aromatic N) is 1. The van der Waals surface area contributed by atoms with Crippen LogP contribution in [0.4, 0.5) is 10.5 Å². The molecule has 1 fully saturated rings. The van der Waals surface area contributed by atoms with Crippen molar-refractivity contribution in [1.29, 1.82) is 0 Å². The van der Waals surface area contributed by atoms with Crippen LogP contribution in [-0.4, -0.2) is 24.5 Å². The van der Waals surface area contributed by atoms with Crippen molar-refractivity contribution in [1.82, 2.24) is 10.6 Å². The maximum atomic E-state index is 12.7. The normalized spacial score (nSPS) is 12.9. The van der Waals surface area contributed by atoms with Crippen LogP contribution >= 0.6 is 0 Å². The SMILES string of the molecule is C=CCNC(=O)N(Cc1cccc(C)c1)c1ccc(CC(=O)NC2CC2)cc1. The van der Waals surface area contributed by atoms with Gasteiger partial charge in [-0.05, 0) is 43.0 Å². The Bertz CT molecular complexity index is 841. The molecule has 0 saturated heterocycles. The van der Waals surface area contributed by atoms with Gasteiger partial charge in [-0.1, -0.05) is 48.0 Å². The first kappa shape index (κ1) is 19.7. The topological polar surface area (TPSA) is 61.4 Å². The van der Waals surface area contributed by atoms with Crippen LogP contribution in [0.2, 0.25) is 0 Å². The first-order valence-corrected chi connectivity index (χ1v) is 9.65. The van der Waals surface area contributed by atoms with Gasteiger partial charge in [0.2, 0.25) is 5.91 Å². The van der Waals surface area contributed by atoms with E-state index in [9.17, 15) is 9.59 Å². The third kappa shape index (κ3) is 5.71. The fourth-order valence-corrected chi connectivity index (χ4v) is 3.01. The molecule has 0 radical (unpaired) electrons. The Kier molecular flexibility index (Phi) is 6.48. The Hall–Kier alpha value is -3.08. The number of nitrogens with one attached hydrogen (secondary N) is 2. The van der Waals surface area contributed by atoms with Gasteiger partial charge >= 0.3 is 6.03 Å². The summed E-state index contributed by atoms with van der Waals surface area (Å²) in [5.41, 5.74) is 3.93. The molecular formula is C23H27N3O2. The van der Waals surface area contributed by atoms with Gasteiger partial charge in [-0.25, -0.2) is 4.79 Å². The van der Waals surface area contributed by atoms with Gasteiger partial charge in [0, 0.05) is 18.3 Å². The largest absolute Gasteiger partial charge is 0.353 e. The summed E-state index contributed by atoms with van der Waals surface area (Å²) in [5.74, 6) is 0.0515. The molecule has 0 aliphatic heterocycles. The van der Waals surface area contributed by atoms with Crippen molar-refractivity contribution in [2.75, 3.05) is 11.4 Å². The lowest BCUT2D eigenvalue weighted by Crippen LogP contribution is -2.39. The van der Waals surface area contributed by atoms with Crippen LogP contribution in [-0.2, 0) is 17.8 Å². The first-order chi connectivity index (χ1) is 13.5. The number of aryl methyl sites for hydroxylation is 1. The average molecular weight is 377 g/mol. The van der Waals surface area contributed by atoms with E-state index in [0.29, 0.717) is 25.6 Å². The van der Waals surface area contributed by atoms with E-state index in [0.717, 1.165) is 35.2 Å². The molecule has 0 spiro atoms. The van der Waals surface area contributed by atoms with Crippen LogP contribution in [0.15, 0.2) is 61.2 Å². The molecule has 2 N–H and O–H groups in total. The lowest BCUT2D eigenvalue weighted by Gasteiger charge is -2.23. The molecule has 5 heteroatoms. The third-order valence-corrected chi connectivity index (χ3v) is 4.62. The minimum absolute atomic E-state index is 0.0515. The second-order valence-electron chi connectivity index (χ2n) is 7.23. The van der Waals surface area contributed by atoms with E-state index in [1.54, 1.807) is 11.0 Å². The van der Waals surface area contributed by atoms with Crippen LogP contribution in [0, 0.1) is 6.92 Å². The molecule has 3 rings (SSSR count). The molecule has 1 aliphatic carbocycles. The van der Waals surface area contributed by atoms with Gasteiger partial charge in [0.05, 0.1) is 13.0 Å². The van der Waals surface area contributed by atoms with Gasteiger partial charge in [-0.3, -0.25) is 9.69 Å². The Morgan fingerprint density at radius 2 is 1.89 bits per heavy atom. The van der Waals surface area contributed by atoms with E-state index in [2.05, 4.69) is 23.3 Å². The number of anilines is 1. The van der Waals surface area contributed by atoms with Gasteiger partial charge in [-0.2, -0.15) is 0 Å². The van der Waals surface area contributed by atoms with Crippen LogP contribution in [0.3, 0.4) is 0 Å². The maximum absolute atomic E-state index is 12.7. The van der Waals surface area contributed by atoms with Crippen molar-refractivity contribution >= 4 is 17.6 Å². The van der Waals surface area contributed by atoms with E-state index in [4.69, 9.17) is 0 Å². The summed E-state index contributed by atoms with van der Waals surface area (Å²) in [6.45, 7) is 6.56. The van der Waals surface area contributed by atoms with Crippen LogP contribution in [0.5, 0.6) is 0 Å². The molecule has 28 heavy (non-hydrogen) atoms. The average Bonchev–Trinajstić information content (AvgIpc) is 3.49. The molecule has 146 valence electrons. The number of carbonyl (C=O) groups excluding carboxylic acids is 2. The highest BCUT2D eigenvalue weighted by molar-refractivity contribution is 5.92.